The molecule has 1 aromatic heterocycles. The van der Waals surface area contributed by atoms with Crippen LogP contribution in [-0.2, 0) is 6.61 Å². The maximum Gasteiger partial charge on any atom is 0.132 e. The first-order chi connectivity index (χ1) is 11.3. The standard InChI is InChI=1S/C20H16N2O/c1-14-20(22-19-9-5-4-8-18(19)21-14)13-23-17-11-10-15-6-2-3-7-16(15)12-17/h2-12H,13H2,1H3. The van der Waals surface area contributed by atoms with Crippen molar-refractivity contribution in [1.82, 2.24) is 9.97 Å². The Bertz CT molecular complexity index is 995. The second-order valence-electron chi connectivity index (χ2n) is 5.54. The van der Waals surface area contributed by atoms with Crippen LogP contribution >= 0.6 is 0 Å². The Labute approximate surface area is 134 Å². The van der Waals surface area contributed by atoms with Crippen molar-refractivity contribution in [3.8, 4) is 5.75 Å². The zero-order valence-electron chi connectivity index (χ0n) is 12.9. The molecule has 23 heavy (non-hydrogen) atoms. The van der Waals surface area contributed by atoms with Crippen LogP contribution in [0.1, 0.15) is 11.4 Å². The molecule has 0 saturated heterocycles. The number of fused-ring (bicyclic) bond motifs is 2. The Morgan fingerprint density at radius 3 is 2.30 bits per heavy atom. The number of aromatic nitrogens is 2. The van der Waals surface area contributed by atoms with Crippen molar-refractivity contribution >= 4 is 21.8 Å². The molecule has 0 N–H and O–H groups in total. The molecule has 0 aliphatic carbocycles. The Kier molecular flexibility index (Phi) is 3.39. The van der Waals surface area contributed by atoms with E-state index in [1.807, 2.05) is 49.4 Å². The molecule has 112 valence electrons. The zero-order valence-corrected chi connectivity index (χ0v) is 12.9. The molecule has 0 radical (unpaired) electrons. The number of ether oxygens (including phenoxy) is 1. The van der Waals surface area contributed by atoms with Gasteiger partial charge in [0.25, 0.3) is 0 Å². The van der Waals surface area contributed by atoms with Crippen LogP contribution in [0.3, 0.4) is 0 Å². The first kappa shape index (κ1) is 13.7. The third kappa shape index (κ3) is 2.73. The van der Waals surface area contributed by atoms with Gasteiger partial charge < -0.3 is 4.74 Å². The summed E-state index contributed by atoms with van der Waals surface area (Å²) in [7, 11) is 0. The van der Waals surface area contributed by atoms with Crippen LogP contribution in [0.25, 0.3) is 21.8 Å². The number of rotatable bonds is 3. The molecule has 4 rings (SSSR count). The smallest absolute Gasteiger partial charge is 0.132 e. The molecule has 3 heteroatoms. The quantitative estimate of drug-likeness (QED) is 0.551. The first-order valence-corrected chi connectivity index (χ1v) is 7.63. The van der Waals surface area contributed by atoms with Gasteiger partial charge in [0, 0.05) is 0 Å². The summed E-state index contributed by atoms with van der Waals surface area (Å²) in [6.07, 6.45) is 0. The number of nitrogens with zero attached hydrogens (tertiary/aromatic N) is 2. The molecule has 0 fully saturated rings. The predicted octanol–water partition coefficient (Wildman–Crippen LogP) is 4.67. The van der Waals surface area contributed by atoms with Crippen LogP contribution in [0.2, 0.25) is 0 Å². The number of benzene rings is 3. The normalized spacial score (nSPS) is 11.0. The summed E-state index contributed by atoms with van der Waals surface area (Å²) in [5.41, 5.74) is 3.59. The predicted molar refractivity (Wildman–Crippen MR) is 92.6 cm³/mol. The summed E-state index contributed by atoms with van der Waals surface area (Å²) in [5, 5.41) is 2.38. The van der Waals surface area contributed by atoms with Crippen molar-refractivity contribution in [3.63, 3.8) is 0 Å². The third-order valence-corrected chi connectivity index (χ3v) is 3.94. The summed E-state index contributed by atoms with van der Waals surface area (Å²) >= 11 is 0. The first-order valence-electron chi connectivity index (χ1n) is 7.63. The van der Waals surface area contributed by atoms with Crippen molar-refractivity contribution in [2.75, 3.05) is 0 Å². The lowest BCUT2D eigenvalue weighted by molar-refractivity contribution is 0.300. The second-order valence-corrected chi connectivity index (χ2v) is 5.54. The second kappa shape index (κ2) is 5.69. The SMILES string of the molecule is Cc1nc2ccccc2nc1COc1ccc2ccccc2c1. The molecule has 4 aromatic rings. The molecule has 3 nitrogen and oxygen atoms in total. The fourth-order valence-corrected chi connectivity index (χ4v) is 2.67. The van der Waals surface area contributed by atoms with E-state index in [-0.39, 0.29) is 0 Å². The minimum absolute atomic E-state index is 0.419. The van der Waals surface area contributed by atoms with Gasteiger partial charge in [0.2, 0.25) is 0 Å². The summed E-state index contributed by atoms with van der Waals surface area (Å²) < 4.78 is 5.93. The number of para-hydroxylation sites is 2. The van der Waals surface area contributed by atoms with Gasteiger partial charge in [-0.05, 0) is 42.0 Å². The van der Waals surface area contributed by atoms with E-state index in [9.17, 15) is 0 Å². The average molecular weight is 300 g/mol. The van der Waals surface area contributed by atoms with Crippen LogP contribution in [0, 0.1) is 6.92 Å². The molecular formula is C20H16N2O. The van der Waals surface area contributed by atoms with Crippen molar-refractivity contribution in [2.45, 2.75) is 13.5 Å². The van der Waals surface area contributed by atoms with Crippen LogP contribution in [-0.4, -0.2) is 9.97 Å². The largest absolute Gasteiger partial charge is 0.487 e. The summed E-state index contributed by atoms with van der Waals surface area (Å²) in [5.74, 6) is 0.845. The summed E-state index contributed by atoms with van der Waals surface area (Å²) in [6, 6.07) is 22.3. The minimum Gasteiger partial charge on any atom is -0.487 e. The maximum absolute atomic E-state index is 5.93. The van der Waals surface area contributed by atoms with Gasteiger partial charge in [0.15, 0.2) is 0 Å². The molecule has 0 saturated carbocycles. The highest BCUT2D eigenvalue weighted by molar-refractivity contribution is 5.83. The van der Waals surface area contributed by atoms with Gasteiger partial charge in [0.05, 0.1) is 22.4 Å². The van der Waals surface area contributed by atoms with Gasteiger partial charge in [-0.25, -0.2) is 9.97 Å². The van der Waals surface area contributed by atoms with Crippen molar-refractivity contribution < 1.29 is 4.74 Å². The molecule has 0 aliphatic rings. The molecule has 0 aliphatic heterocycles. The molecule has 3 aromatic carbocycles. The highest BCUT2D eigenvalue weighted by Crippen LogP contribution is 2.22. The highest BCUT2D eigenvalue weighted by atomic mass is 16.5. The monoisotopic (exact) mass is 300 g/mol. The number of hydrogen-bond acceptors (Lipinski definition) is 3. The van der Waals surface area contributed by atoms with E-state index in [1.54, 1.807) is 0 Å². The van der Waals surface area contributed by atoms with Crippen LogP contribution in [0.4, 0.5) is 0 Å². The van der Waals surface area contributed by atoms with Gasteiger partial charge in [-0.15, -0.1) is 0 Å². The van der Waals surface area contributed by atoms with Crippen molar-refractivity contribution in [1.29, 1.82) is 0 Å². The maximum atomic E-state index is 5.93. The number of hydrogen-bond donors (Lipinski definition) is 0. The minimum atomic E-state index is 0.419. The lowest BCUT2D eigenvalue weighted by atomic mass is 10.1. The lowest BCUT2D eigenvalue weighted by Gasteiger charge is -2.09. The molecule has 1 heterocycles. The molecular weight excluding hydrogens is 284 g/mol. The van der Waals surface area contributed by atoms with E-state index in [0.29, 0.717) is 6.61 Å². The Morgan fingerprint density at radius 2 is 1.48 bits per heavy atom. The fourth-order valence-electron chi connectivity index (χ4n) is 2.67. The van der Waals surface area contributed by atoms with Gasteiger partial charge in [-0.2, -0.15) is 0 Å². The fraction of sp³-hybridized carbons (Fsp3) is 0.100. The van der Waals surface area contributed by atoms with Gasteiger partial charge in [0.1, 0.15) is 12.4 Å². The van der Waals surface area contributed by atoms with E-state index in [2.05, 4.69) is 34.2 Å². The summed E-state index contributed by atoms with van der Waals surface area (Å²) in [6.45, 7) is 2.39. The molecule has 0 spiro atoms. The lowest BCUT2D eigenvalue weighted by Crippen LogP contribution is -2.03. The number of aryl methyl sites for hydroxylation is 1. The molecule has 0 bridgehead atoms. The van der Waals surface area contributed by atoms with Gasteiger partial charge >= 0.3 is 0 Å². The Morgan fingerprint density at radius 1 is 0.783 bits per heavy atom. The van der Waals surface area contributed by atoms with E-state index in [0.717, 1.165) is 28.2 Å². The highest BCUT2D eigenvalue weighted by Gasteiger charge is 2.06. The van der Waals surface area contributed by atoms with Gasteiger partial charge in [-0.3, -0.25) is 0 Å². The van der Waals surface area contributed by atoms with E-state index < -0.39 is 0 Å². The molecule has 0 unspecified atom stereocenters. The van der Waals surface area contributed by atoms with E-state index in [1.165, 1.54) is 10.8 Å². The Hall–Kier alpha value is -2.94. The van der Waals surface area contributed by atoms with Crippen molar-refractivity contribution in [2.24, 2.45) is 0 Å². The van der Waals surface area contributed by atoms with Crippen LogP contribution in [0.15, 0.2) is 66.7 Å². The molecule has 0 atom stereocenters. The third-order valence-electron chi connectivity index (χ3n) is 3.94. The van der Waals surface area contributed by atoms with Crippen molar-refractivity contribution in [3.05, 3.63) is 78.1 Å². The summed E-state index contributed by atoms with van der Waals surface area (Å²) in [4.78, 5) is 9.26. The van der Waals surface area contributed by atoms with Crippen LogP contribution in [0.5, 0.6) is 5.75 Å². The van der Waals surface area contributed by atoms with E-state index >= 15 is 0 Å². The molecule has 0 amide bonds. The zero-order chi connectivity index (χ0) is 15.6. The van der Waals surface area contributed by atoms with Gasteiger partial charge in [-0.1, -0.05) is 42.5 Å². The average Bonchev–Trinajstić information content (AvgIpc) is 2.59. The van der Waals surface area contributed by atoms with E-state index in [4.69, 9.17) is 4.74 Å². The Balaban J connectivity index is 1.61. The van der Waals surface area contributed by atoms with Crippen LogP contribution < -0.4 is 4.74 Å². The topological polar surface area (TPSA) is 35.0 Å².